The summed E-state index contributed by atoms with van der Waals surface area (Å²) in [7, 11) is -3.65. The summed E-state index contributed by atoms with van der Waals surface area (Å²) in [6.45, 7) is 7.81. The third-order valence-electron chi connectivity index (χ3n) is 3.69. The lowest BCUT2D eigenvalue weighted by Crippen LogP contribution is -2.41. The number of nitrogens with one attached hydrogen (secondary N) is 1. The number of benzene rings is 1. The summed E-state index contributed by atoms with van der Waals surface area (Å²) < 4.78 is 28.0. The molecule has 1 unspecified atom stereocenters. The fourth-order valence-electron chi connectivity index (χ4n) is 1.86. The van der Waals surface area contributed by atoms with Crippen LogP contribution < -0.4 is 10.5 Å². The van der Waals surface area contributed by atoms with Crippen LogP contribution in [-0.4, -0.2) is 19.4 Å². The fourth-order valence-corrected chi connectivity index (χ4v) is 3.47. The largest absolute Gasteiger partial charge is 0.398 e. The number of pyridine rings is 1. The summed E-state index contributed by atoms with van der Waals surface area (Å²) in [5.74, 6) is 0. The van der Waals surface area contributed by atoms with E-state index >= 15 is 0 Å². The number of sulfonamides is 1. The molecule has 0 aliphatic heterocycles. The average Bonchev–Trinajstić information content (AvgIpc) is 2.37. The van der Waals surface area contributed by atoms with Gasteiger partial charge in [0.25, 0.3) is 0 Å². The highest BCUT2D eigenvalue weighted by molar-refractivity contribution is 7.89. The maximum atomic E-state index is 12.6. The van der Waals surface area contributed by atoms with E-state index in [9.17, 15) is 8.42 Å². The van der Waals surface area contributed by atoms with Crippen molar-refractivity contribution in [1.29, 1.82) is 0 Å². The van der Waals surface area contributed by atoms with Gasteiger partial charge >= 0.3 is 0 Å². The molecule has 1 aromatic heterocycles. The van der Waals surface area contributed by atoms with E-state index in [1.54, 1.807) is 24.4 Å². The van der Waals surface area contributed by atoms with E-state index in [0.717, 1.165) is 0 Å². The van der Waals surface area contributed by atoms with E-state index in [1.165, 1.54) is 6.07 Å². The van der Waals surface area contributed by atoms with Crippen molar-refractivity contribution >= 4 is 26.6 Å². The van der Waals surface area contributed by atoms with Crippen LogP contribution in [-0.2, 0) is 10.0 Å². The average molecular weight is 307 g/mol. The van der Waals surface area contributed by atoms with Gasteiger partial charge in [0.15, 0.2) is 0 Å². The number of nitrogens with zero attached hydrogens (tertiary/aromatic N) is 1. The highest BCUT2D eigenvalue weighted by Crippen LogP contribution is 2.27. The molecule has 2 aromatic rings. The van der Waals surface area contributed by atoms with Crippen molar-refractivity contribution in [3.05, 3.63) is 30.5 Å². The third kappa shape index (κ3) is 3.16. The van der Waals surface area contributed by atoms with Crippen LogP contribution in [0, 0.1) is 5.41 Å². The number of rotatable bonds is 3. The lowest BCUT2D eigenvalue weighted by Gasteiger charge is -2.28. The van der Waals surface area contributed by atoms with Crippen molar-refractivity contribution in [2.75, 3.05) is 5.73 Å². The van der Waals surface area contributed by atoms with Gasteiger partial charge in [-0.15, -0.1) is 0 Å². The molecular formula is C15H21N3O2S. The van der Waals surface area contributed by atoms with Crippen molar-refractivity contribution in [3.8, 4) is 0 Å². The van der Waals surface area contributed by atoms with Crippen molar-refractivity contribution in [1.82, 2.24) is 9.71 Å². The predicted molar refractivity (Wildman–Crippen MR) is 85.4 cm³/mol. The molecule has 6 heteroatoms. The van der Waals surface area contributed by atoms with Gasteiger partial charge in [-0.3, -0.25) is 4.98 Å². The first-order chi connectivity index (χ1) is 9.63. The van der Waals surface area contributed by atoms with E-state index in [0.29, 0.717) is 16.6 Å². The second-order valence-corrected chi connectivity index (χ2v) is 7.94. The molecule has 0 fully saturated rings. The highest BCUT2D eigenvalue weighted by Gasteiger charge is 2.27. The molecule has 2 rings (SSSR count). The topological polar surface area (TPSA) is 85.1 Å². The van der Waals surface area contributed by atoms with Crippen LogP contribution in [0.2, 0.25) is 0 Å². The summed E-state index contributed by atoms with van der Waals surface area (Å²) in [6, 6.07) is 6.39. The molecule has 114 valence electrons. The van der Waals surface area contributed by atoms with Crippen LogP contribution in [0.15, 0.2) is 35.4 Å². The molecule has 0 saturated heterocycles. The SMILES string of the molecule is CC(NS(=O)(=O)c1ccc(N)c2cccnc12)C(C)(C)C. The molecule has 0 aliphatic carbocycles. The summed E-state index contributed by atoms with van der Waals surface area (Å²) >= 11 is 0. The first-order valence-electron chi connectivity index (χ1n) is 6.78. The van der Waals surface area contributed by atoms with E-state index in [2.05, 4.69) is 9.71 Å². The third-order valence-corrected chi connectivity index (χ3v) is 5.26. The minimum atomic E-state index is -3.65. The quantitative estimate of drug-likeness (QED) is 0.853. The molecule has 5 nitrogen and oxygen atoms in total. The minimum absolute atomic E-state index is 0.156. The van der Waals surface area contributed by atoms with Gasteiger partial charge in [-0.1, -0.05) is 20.8 Å². The highest BCUT2D eigenvalue weighted by atomic mass is 32.2. The first kappa shape index (κ1) is 15.7. The van der Waals surface area contributed by atoms with Crippen LogP contribution >= 0.6 is 0 Å². The zero-order valence-corrected chi connectivity index (χ0v) is 13.5. The smallest absolute Gasteiger partial charge is 0.242 e. The Labute approximate surface area is 125 Å². The Morgan fingerprint density at radius 3 is 2.52 bits per heavy atom. The first-order valence-corrected chi connectivity index (χ1v) is 8.27. The molecule has 0 bridgehead atoms. The molecule has 1 heterocycles. The Kier molecular flexibility index (Phi) is 3.95. The maximum absolute atomic E-state index is 12.6. The van der Waals surface area contributed by atoms with E-state index < -0.39 is 10.0 Å². The van der Waals surface area contributed by atoms with E-state index in [-0.39, 0.29) is 16.4 Å². The van der Waals surface area contributed by atoms with Gasteiger partial charge in [-0.25, -0.2) is 13.1 Å². The Morgan fingerprint density at radius 1 is 1.24 bits per heavy atom. The van der Waals surface area contributed by atoms with Crippen molar-refractivity contribution in [2.24, 2.45) is 5.41 Å². The predicted octanol–water partition coefficient (Wildman–Crippen LogP) is 2.53. The van der Waals surface area contributed by atoms with E-state index in [1.807, 2.05) is 27.7 Å². The Hall–Kier alpha value is -1.66. The second-order valence-electron chi connectivity index (χ2n) is 6.26. The normalized spacial score (nSPS) is 14.3. The standard InChI is InChI=1S/C15H21N3O2S/c1-10(15(2,3)4)18-21(19,20)13-8-7-12(16)11-6-5-9-17-14(11)13/h5-10,18H,16H2,1-4H3. The number of aromatic nitrogens is 1. The lowest BCUT2D eigenvalue weighted by atomic mass is 9.89. The van der Waals surface area contributed by atoms with Gasteiger partial charge in [0.2, 0.25) is 10.0 Å². The number of nitrogen functional groups attached to an aromatic ring is 1. The minimum Gasteiger partial charge on any atom is -0.398 e. The summed E-state index contributed by atoms with van der Waals surface area (Å²) in [5.41, 5.74) is 6.62. The maximum Gasteiger partial charge on any atom is 0.242 e. The van der Waals surface area contributed by atoms with Crippen molar-refractivity contribution < 1.29 is 8.42 Å². The van der Waals surface area contributed by atoms with Crippen molar-refractivity contribution in [3.63, 3.8) is 0 Å². The molecule has 1 atom stereocenters. The number of hydrogen-bond donors (Lipinski definition) is 2. The van der Waals surface area contributed by atoms with Gasteiger partial charge in [-0.05, 0) is 36.6 Å². The van der Waals surface area contributed by atoms with Gasteiger partial charge < -0.3 is 5.73 Å². The summed E-state index contributed by atoms with van der Waals surface area (Å²) in [4.78, 5) is 4.33. The monoisotopic (exact) mass is 307 g/mol. The molecule has 0 saturated carbocycles. The molecule has 0 aliphatic rings. The second kappa shape index (κ2) is 5.27. The number of anilines is 1. The fraction of sp³-hybridized carbons (Fsp3) is 0.400. The molecule has 3 N–H and O–H groups in total. The van der Waals surface area contributed by atoms with Gasteiger partial charge in [0.05, 0.1) is 5.52 Å². The zero-order valence-electron chi connectivity index (χ0n) is 12.7. The molecule has 0 spiro atoms. The summed E-state index contributed by atoms with van der Waals surface area (Å²) in [5, 5.41) is 0.642. The Bertz CT molecular complexity index is 764. The number of fused-ring (bicyclic) bond motifs is 1. The van der Waals surface area contributed by atoms with Crippen LogP contribution in [0.25, 0.3) is 10.9 Å². The zero-order chi connectivity index (χ0) is 15.8. The Balaban J connectivity index is 2.54. The molecule has 0 radical (unpaired) electrons. The van der Waals surface area contributed by atoms with Gasteiger partial charge in [0.1, 0.15) is 4.90 Å². The molecular weight excluding hydrogens is 286 g/mol. The van der Waals surface area contributed by atoms with Crippen molar-refractivity contribution in [2.45, 2.75) is 38.6 Å². The van der Waals surface area contributed by atoms with Crippen LogP contribution in [0.3, 0.4) is 0 Å². The lowest BCUT2D eigenvalue weighted by molar-refractivity contribution is 0.318. The van der Waals surface area contributed by atoms with E-state index in [4.69, 9.17) is 5.73 Å². The molecule has 0 amide bonds. The van der Waals surface area contributed by atoms with Crippen LogP contribution in [0.5, 0.6) is 0 Å². The Morgan fingerprint density at radius 2 is 1.90 bits per heavy atom. The molecule has 21 heavy (non-hydrogen) atoms. The van der Waals surface area contributed by atoms with Crippen LogP contribution in [0.4, 0.5) is 5.69 Å². The molecule has 1 aromatic carbocycles. The number of nitrogens with two attached hydrogens (primary N) is 1. The van der Waals surface area contributed by atoms with Gasteiger partial charge in [0, 0.05) is 23.3 Å². The number of hydrogen-bond acceptors (Lipinski definition) is 4. The van der Waals surface area contributed by atoms with Crippen LogP contribution in [0.1, 0.15) is 27.7 Å². The van der Waals surface area contributed by atoms with Gasteiger partial charge in [-0.2, -0.15) is 0 Å². The summed E-state index contributed by atoms with van der Waals surface area (Å²) in [6.07, 6.45) is 1.56.